The van der Waals surface area contributed by atoms with E-state index in [9.17, 15) is 18.3 Å². The number of carbonyl (C=O) groups is 1. The minimum atomic E-state index is -3.93. The average Bonchev–Trinajstić information content (AvgIpc) is 3.20. The number of aliphatic hydroxyl groups excluding tert-OH is 1. The van der Waals surface area contributed by atoms with Crippen LogP contribution in [0, 0.1) is 6.92 Å². The van der Waals surface area contributed by atoms with Crippen molar-refractivity contribution < 1.29 is 18.3 Å². The predicted molar refractivity (Wildman–Crippen MR) is 154 cm³/mol. The number of benzene rings is 3. The Morgan fingerprint density at radius 1 is 0.974 bits per heavy atom. The highest BCUT2D eigenvalue weighted by atomic mass is 32.2. The van der Waals surface area contributed by atoms with E-state index < -0.39 is 27.6 Å². The van der Waals surface area contributed by atoms with Gasteiger partial charge in [-0.25, -0.2) is 8.42 Å². The second kappa shape index (κ2) is 10.3. The summed E-state index contributed by atoms with van der Waals surface area (Å²) in [6.45, 7) is 8.01. The maximum Gasteiger partial charge on any atom is 0.264 e. The molecule has 1 aliphatic carbocycles. The van der Waals surface area contributed by atoms with Crippen LogP contribution in [0.3, 0.4) is 0 Å². The van der Waals surface area contributed by atoms with Gasteiger partial charge in [-0.05, 0) is 62.9 Å². The van der Waals surface area contributed by atoms with Crippen LogP contribution in [0.4, 0.5) is 5.69 Å². The van der Waals surface area contributed by atoms with Crippen molar-refractivity contribution in [3.8, 4) is 0 Å². The van der Waals surface area contributed by atoms with Gasteiger partial charge in [0.25, 0.3) is 10.0 Å². The monoisotopic (exact) mass is 544 g/mol. The molecule has 0 bridgehead atoms. The molecule has 1 aliphatic heterocycles. The number of hydrogen-bond donors (Lipinski definition) is 1. The predicted octanol–water partition coefficient (Wildman–Crippen LogP) is 5.35. The molecule has 1 amide bonds. The van der Waals surface area contributed by atoms with Crippen molar-refractivity contribution >= 4 is 21.6 Å². The third kappa shape index (κ3) is 4.68. The highest BCUT2D eigenvalue weighted by Crippen LogP contribution is 2.56. The maximum absolute atomic E-state index is 14.3. The Labute approximate surface area is 231 Å². The molecule has 1 N–H and O–H groups in total. The Morgan fingerprint density at radius 3 is 2.28 bits per heavy atom. The molecule has 39 heavy (non-hydrogen) atoms. The van der Waals surface area contributed by atoms with Crippen molar-refractivity contribution in [1.82, 2.24) is 4.90 Å². The second-order valence-corrected chi connectivity index (χ2v) is 12.8. The van der Waals surface area contributed by atoms with Gasteiger partial charge in [-0.15, -0.1) is 0 Å². The van der Waals surface area contributed by atoms with E-state index in [1.807, 2.05) is 68.4 Å². The topological polar surface area (TPSA) is 77.9 Å². The van der Waals surface area contributed by atoms with Gasteiger partial charge < -0.3 is 10.0 Å². The normalized spacial score (nSPS) is 21.4. The Kier molecular flexibility index (Phi) is 7.16. The standard InChI is InChI=1S/C32H36N2O4S/c1-22-14-16-27(17-15-22)39(37,38)34-29-13-9-8-12-28(29)32(19-24(3)23(2)18-30(32)34)31(36)21-33(25(4)35)20-26-10-6-5-7-11-26/h5-17,30-31,36H,18-21H2,1-4H3/t30-,31?,32+/m1/s1. The molecular formula is C32H36N2O4S. The van der Waals surface area contributed by atoms with Crippen LogP contribution in [0.1, 0.15) is 50.3 Å². The van der Waals surface area contributed by atoms with Crippen molar-refractivity contribution in [3.05, 3.63) is 107 Å². The molecular weight excluding hydrogens is 508 g/mol. The molecule has 0 fully saturated rings. The third-order valence-corrected chi connectivity index (χ3v) is 10.4. The molecule has 7 heteroatoms. The molecule has 6 nitrogen and oxygen atoms in total. The summed E-state index contributed by atoms with van der Waals surface area (Å²) in [5.74, 6) is -0.138. The fourth-order valence-corrected chi connectivity index (χ4v) is 7.99. The largest absolute Gasteiger partial charge is 0.390 e. The summed E-state index contributed by atoms with van der Waals surface area (Å²) in [6.07, 6.45) is 0.0256. The van der Waals surface area contributed by atoms with Gasteiger partial charge in [0.05, 0.1) is 28.1 Å². The number of rotatable bonds is 7. The Morgan fingerprint density at radius 2 is 1.62 bits per heavy atom. The van der Waals surface area contributed by atoms with Crippen molar-refractivity contribution in [2.75, 3.05) is 10.8 Å². The summed E-state index contributed by atoms with van der Waals surface area (Å²) < 4.78 is 30.0. The zero-order valence-corrected chi connectivity index (χ0v) is 23.8. The molecule has 0 saturated carbocycles. The minimum Gasteiger partial charge on any atom is -0.390 e. The fourth-order valence-electron chi connectivity index (χ4n) is 6.27. The number of fused-ring (bicyclic) bond motifs is 3. The van der Waals surface area contributed by atoms with Crippen LogP contribution in [-0.4, -0.2) is 43.0 Å². The average molecular weight is 545 g/mol. The van der Waals surface area contributed by atoms with Crippen LogP contribution in [0.15, 0.2) is 94.9 Å². The maximum atomic E-state index is 14.3. The smallest absolute Gasteiger partial charge is 0.264 e. The quantitative estimate of drug-likeness (QED) is 0.407. The molecule has 5 rings (SSSR count). The lowest BCUT2D eigenvalue weighted by Gasteiger charge is -2.46. The van der Waals surface area contributed by atoms with Crippen molar-refractivity contribution in [3.63, 3.8) is 0 Å². The van der Waals surface area contributed by atoms with Gasteiger partial charge in [-0.1, -0.05) is 77.4 Å². The molecule has 2 aliphatic rings. The Bertz CT molecular complexity index is 1520. The lowest BCUT2D eigenvalue weighted by atomic mass is 9.63. The van der Waals surface area contributed by atoms with E-state index >= 15 is 0 Å². The number of aliphatic hydroxyl groups is 1. The number of carbonyl (C=O) groups excluding carboxylic acids is 1. The molecule has 3 atom stereocenters. The molecule has 3 aromatic rings. The highest BCUT2D eigenvalue weighted by Gasteiger charge is 2.59. The van der Waals surface area contributed by atoms with Gasteiger partial charge in [0.15, 0.2) is 0 Å². The molecule has 1 heterocycles. The number of para-hydroxylation sites is 1. The van der Waals surface area contributed by atoms with Gasteiger partial charge in [-0.2, -0.15) is 0 Å². The van der Waals surface area contributed by atoms with Crippen molar-refractivity contribution in [2.24, 2.45) is 0 Å². The van der Waals surface area contributed by atoms with E-state index in [2.05, 4.69) is 6.92 Å². The van der Waals surface area contributed by atoms with Crippen molar-refractivity contribution in [1.29, 1.82) is 0 Å². The van der Waals surface area contributed by atoms with E-state index in [0.717, 1.165) is 27.8 Å². The SMILES string of the molecule is CC(=O)N(Cc1ccccc1)CC(O)[C@]12CC(C)=C(C)C[C@H]1N(S(=O)(=O)c1ccc(C)cc1)c1ccccc12. The number of nitrogens with zero attached hydrogens (tertiary/aromatic N) is 2. The first-order chi connectivity index (χ1) is 18.6. The Balaban J connectivity index is 1.62. The van der Waals surface area contributed by atoms with E-state index in [1.165, 1.54) is 6.92 Å². The summed E-state index contributed by atoms with van der Waals surface area (Å²) >= 11 is 0. The zero-order valence-electron chi connectivity index (χ0n) is 23.0. The van der Waals surface area contributed by atoms with Crippen LogP contribution in [0.5, 0.6) is 0 Å². The van der Waals surface area contributed by atoms with Crippen LogP contribution in [0.2, 0.25) is 0 Å². The first kappa shape index (κ1) is 27.2. The van der Waals surface area contributed by atoms with Gasteiger partial charge in [0.1, 0.15) is 0 Å². The van der Waals surface area contributed by atoms with E-state index in [0.29, 0.717) is 25.1 Å². The van der Waals surface area contributed by atoms with Gasteiger partial charge in [0.2, 0.25) is 5.91 Å². The van der Waals surface area contributed by atoms with E-state index in [-0.39, 0.29) is 17.3 Å². The molecule has 0 saturated heterocycles. The number of sulfonamides is 1. The van der Waals surface area contributed by atoms with E-state index in [1.54, 1.807) is 33.5 Å². The summed E-state index contributed by atoms with van der Waals surface area (Å²) in [6, 6.07) is 23.6. The van der Waals surface area contributed by atoms with E-state index in [4.69, 9.17) is 0 Å². The summed E-state index contributed by atoms with van der Waals surface area (Å²) in [7, 11) is -3.93. The molecule has 204 valence electrons. The minimum absolute atomic E-state index is 0.0970. The zero-order chi connectivity index (χ0) is 27.9. The first-order valence-electron chi connectivity index (χ1n) is 13.4. The molecule has 0 radical (unpaired) electrons. The number of hydrogen-bond acceptors (Lipinski definition) is 4. The summed E-state index contributed by atoms with van der Waals surface area (Å²) in [5.41, 5.74) is 4.74. The lowest BCUT2D eigenvalue weighted by Crippen LogP contribution is -2.58. The summed E-state index contributed by atoms with van der Waals surface area (Å²) in [4.78, 5) is 14.6. The highest BCUT2D eigenvalue weighted by molar-refractivity contribution is 7.92. The second-order valence-electron chi connectivity index (χ2n) is 11.0. The lowest BCUT2D eigenvalue weighted by molar-refractivity contribution is -0.131. The van der Waals surface area contributed by atoms with Gasteiger partial charge in [0, 0.05) is 20.0 Å². The molecule has 0 aromatic heterocycles. The fraction of sp³-hybridized carbons (Fsp3) is 0.344. The van der Waals surface area contributed by atoms with Crippen LogP contribution in [0.25, 0.3) is 0 Å². The van der Waals surface area contributed by atoms with Crippen molar-refractivity contribution in [2.45, 2.75) is 69.5 Å². The molecule has 3 aromatic carbocycles. The van der Waals surface area contributed by atoms with Gasteiger partial charge in [-0.3, -0.25) is 9.10 Å². The molecule has 0 spiro atoms. The molecule has 1 unspecified atom stereocenters. The van der Waals surface area contributed by atoms with Crippen LogP contribution >= 0.6 is 0 Å². The third-order valence-electron chi connectivity index (χ3n) is 8.53. The summed E-state index contributed by atoms with van der Waals surface area (Å²) in [5, 5.41) is 12.1. The van der Waals surface area contributed by atoms with Crippen LogP contribution < -0.4 is 4.31 Å². The number of allylic oxidation sites excluding steroid dienone is 1. The first-order valence-corrected chi connectivity index (χ1v) is 14.8. The number of anilines is 1. The van der Waals surface area contributed by atoms with Crippen LogP contribution in [-0.2, 0) is 26.8 Å². The van der Waals surface area contributed by atoms with Gasteiger partial charge >= 0.3 is 0 Å². The Hall–Kier alpha value is -3.42. The number of aryl methyl sites for hydroxylation is 1. The number of amides is 1.